The van der Waals surface area contributed by atoms with E-state index in [1.807, 2.05) is 62.5 Å². The Morgan fingerprint density at radius 3 is 2.69 bits per heavy atom. The monoisotopic (exact) mass is 491 g/mol. The summed E-state index contributed by atoms with van der Waals surface area (Å²) < 4.78 is 12.6. The molecule has 5 rings (SSSR count). The molecule has 180 valence electrons. The normalized spacial score (nSPS) is 13.6. The molecule has 1 aliphatic rings. The highest BCUT2D eigenvalue weighted by Crippen LogP contribution is 2.39. The number of aromatic nitrogens is 3. The first-order valence-corrected chi connectivity index (χ1v) is 12.0. The van der Waals surface area contributed by atoms with Crippen molar-refractivity contribution in [1.82, 2.24) is 20.3 Å². The highest BCUT2D eigenvalue weighted by atomic mass is 32.1. The number of carbonyl (C=O) groups excluding carboxylic acids is 2. The van der Waals surface area contributed by atoms with Crippen LogP contribution in [0.4, 0.5) is 5.69 Å². The van der Waals surface area contributed by atoms with Gasteiger partial charge in [0.2, 0.25) is 18.6 Å². The van der Waals surface area contributed by atoms with Crippen LogP contribution in [0.25, 0.3) is 11.0 Å². The highest BCUT2D eigenvalue weighted by molar-refractivity contribution is 7.10. The predicted molar refractivity (Wildman–Crippen MR) is 133 cm³/mol. The van der Waals surface area contributed by atoms with Gasteiger partial charge in [-0.15, -0.1) is 16.4 Å². The zero-order valence-electron chi connectivity index (χ0n) is 19.6. The van der Waals surface area contributed by atoms with Gasteiger partial charge in [-0.2, -0.15) is 0 Å². The van der Waals surface area contributed by atoms with Crippen molar-refractivity contribution in [1.29, 1.82) is 0 Å². The Morgan fingerprint density at radius 1 is 1.11 bits per heavy atom. The third kappa shape index (κ3) is 4.69. The highest BCUT2D eigenvalue weighted by Gasteiger charge is 2.36. The smallest absolute Gasteiger partial charge is 0.249 e. The van der Waals surface area contributed by atoms with E-state index in [-0.39, 0.29) is 25.2 Å². The number of fused-ring (bicyclic) bond motifs is 2. The SMILES string of the molecule is CC(C)(C)NC(=O)C(c1cccs1)N(C(=O)Cn1nnc2ccccc21)c1ccc2c(c1)OCO2. The van der Waals surface area contributed by atoms with Crippen LogP contribution in [0, 0.1) is 0 Å². The molecule has 0 saturated heterocycles. The van der Waals surface area contributed by atoms with Crippen LogP contribution < -0.4 is 19.7 Å². The van der Waals surface area contributed by atoms with Gasteiger partial charge in [-0.25, -0.2) is 4.68 Å². The van der Waals surface area contributed by atoms with Crippen molar-refractivity contribution in [3.63, 3.8) is 0 Å². The lowest BCUT2D eigenvalue weighted by Gasteiger charge is -2.33. The molecule has 1 N–H and O–H groups in total. The number of nitrogens with zero attached hydrogens (tertiary/aromatic N) is 4. The van der Waals surface area contributed by atoms with Gasteiger partial charge in [-0.05, 0) is 56.5 Å². The molecule has 9 nitrogen and oxygen atoms in total. The van der Waals surface area contributed by atoms with Crippen molar-refractivity contribution in [2.45, 2.75) is 38.9 Å². The fourth-order valence-electron chi connectivity index (χ4n) is 3.97. The van der Waals surface area contributed by atoms with Crippen LogP contribution in [0.1, 0.15) is 31.7 Å². The van der Waals surface area contributed by atoms with Gasteiger partial charge in [-0.1, -0.05) is 23.4 Å². The van der Waals surface area contributed by atoms with E-state index in [0.29, 0.717) is 22.7 Å². The van der Waals surface area contributed by atoms with Crippen LogP contribution in [-0.4, -0.2) is 39.1 Å². The molecule has 0 spiro atoms. The van der Waals surface area contributed by atoms with Gasteiger partial charge in [-0.3, -0.25) is 14.5 Å². The number of anilines is 1. The van der Waals surface area contributed by atoms with E-state index in [4.69, 9.17) is 9.47 Å². The lowest BCUT2D eigenvalue weighted by molar-refractivity contribution is -0.127. The molecule has 2 amide bonds. The topological polar surface area (TPSA) is 98.6 Å². The second-order valence-corrected chi connectivity index (χ2v) is 10.2. The summed E-state index contributed by atoms with van der Waals surface area (Å²) >= 11 is 1.42. The minimum Gasteiger partial charge on any atom is -0.454 e. The predicted octanol–water partition coefficient (Wildman–Crippen LogP) is 3.91. The Hall–Kier alpha value is -3.92. The van der Waals surface area contributed by atoms with Crippen LogP contribution in [0.15, 0.2) is 60.0 Å². The summed E-state index contributed by atoms with van der Waals surface area (Å²) in [5.74, 6) is 0.513. The summed E-state index contributed by atoms with van der Waals surface area (Å²) in [7, 11) is 0. The fourth-order valence-corrected chi connectivity index (χ4v) is 4.78. The Kier molecular flexibility index (Phi) is 5.89. The van der Waals surface area contributed by atoms with Gasteiger partial charge in [0.15, 0.2) is 11.5 Å². The van der Waals surface area contributed by atoms with Gasteiger partial charge < -0.3 is 14.8 Å². The average molecular weight is 492 g/mol. The maximum atomic E-state index is 14.0. The van der Waals surface area contributed by atoms with Crippen LogP contribution in [0.3, 0.4) is 0 Å². The first-order chi connectivity index (χ1) is 16.8. The summed E-state index contributed by atoms with van der Waals surface area (Å²) in [5, 5.41) is 13.3. The van der Waals surface area contributed by atoms with E-state index < -0.39 is 11.6 Å². The molecule has 2 aromatic carbocycles. The van der Waals surface area contributed by atoms with E-state index in [2.05, 4.69) is 15.6 Å². The minimum absolute atomic E-state index is 0.0976. The summed E-state index contributed by atoms with van der Waals surface area (Å²) in [6, 6.07) is 15.5. The molecule has 1 unspecified atom stereocenters. The molecule has 3 heterocycles. The van der Waals surface area contributed by atoms with Gasteiger partial charge in [0, 0.05) is 22.2 Å². The molecule has 35 heavy (non-hydrogen) atoms. The molecular formula is C25H25N5O4S. The van der Waals surface area contributed by atoms with E-state index in [1.54, 1.807) is 22.9 Å². The maximum Gasteiger partial charge on any atom is 0.249 e. The van der Waals surface area contributed by atoms with E-state index in [1.165, 1.54) is 16.2 Å². The second-order valence-electron chi connectivity index (χ2n) is 9.19. The summed E-state index contributed by atoms with van der Waals surface area (Å²) in [4.78, 5) is 29.8. The van der Waals surface area contributed by atoms with Crippen LogP contribution >= 0.6 is 11.3 Å². The fraction of sp³-hybridized carbons (Fsp3) is 0.280. The van der Waals surface area contributed by atoms with Crippen molar-refractivity contribution in [2.75, 3.05) is 11.7 Å². The van der Waals surface area contributed by atoms with Crippen LogP contribution in [0.5, 0.6) is 11.5 Å². The number of thiophene rings is 1. The largest absolute Gasteiger partial charge is 0.454 e. The molecule has 0 bridgehead atoms. The molecule has 2 aromatic heterocycles. The Labute approximate surface area is 206 Å². The molecule has 0 saturated carbocycles. The Balaban J connectivity index is 1.59. The quantitative estimate of drug-likeness (QED) is 0.439. The Bertz CT molecular complexity index is 1380. The van der Waals surface area contributed by atoms with Crippen molar-refractivity contribution in [2.24, 2.45) is 0 Å². The Morgan fingerprint density at radius 2 is 1.91 bits per heavy atom. The number of nitrogens with one attached hydrogen (secondary N) is 1. The number of rotatable bonds is 6. The summed E-state index contributed by atoms with van der Waals surface area (Å²) in [6.07, 6.45) is 0. The van der Waals surface area contributed by atoms with Crippen LogP contribution in [-0.2, 0) is 16.1 Å². The van der Waals surface area contributed by atoms with Gasteiger partial charge in [0.05, 0.1) is 5.52 Å². The van der Waals surface area contributed by atoms with Crippen molar-refractivity contribution >= 4 is 39.9 Å². The molecule has 1 aliphatic heterocycles. The number of carbonyl (C=O) groups is 2. The molecule has 10 heteroatoms. The first-order valence-electron chi connectivity index (χ1n) is 11.2. The maximum absolute atomic E-state index is 14.0. The zero-order valence-corrected chi connectivity index (χ0v) is 20.4. The molecule has 0 radical (unpaired) electrons. The lowest BCUT2D eigenvalue weighted by Crippen LogP contribution is -2.50. The third-order valence-electron chi connectivity index (χ3n) is 5.43. The van der Waals surface area contributed by atoms with Crippen molar-refractivity contribution in [3.8, 4) is 11.5 Å². The summed E-state index contributed by atoms with van der Waals surface area (Å²) in [5.41, 5.74) is 1.46. The zero-order chi connectivity index (χ0) is 24.6. The standard InChI is InChI=1S/C25H25N5O4S/c1-25(2,3)26-24(32)23(21-9-6-12-35-21)30(16-10-11-19-20(13-16)34-15-33-19)22(31)14-29-18-8-5-4-7-17(18)27-28-29/h4-13,23H,14-15H2,1-3H3,(H,26,32). The van der Waals surface area contributed by atoms with E-state index in [0.717, 1.165) is 10.4 Å². The number of hydrogen-bond acceptors (Lipinski definition) is 7. The number of ether oxygens (including phenoxy) is 2. The van der Waals surface area contributed by atoms with E-state index in [9.17, 15) is 9.59 Å². The number of amides is 2. The average Bonchev–Trinajstić information content (AvgIpc) is 3.57. The minimum atomic E-state index is -0.892. The van der Waals surface area contributed by atoms with Gasteiger partial charge in [0.25, 0.3) is 0 Å². The number of hydrogen-bond donors (Lipinski definition) is 1. The molecule has 1 atom stereocenters. The molecular weight excluding hydrogens is 466 g/mol. The van der Waals surface area contributed by atoms with Gasteiger partial charge >= 0.3 is 0 Å². The van der Waals surface area contributed by atoms with E-state index >= 15 is 0 Å². The molecule has 4 aromatic rings. The number of para-hydroxylation sites is 1. The van der Waals surface area contributed by atoms with Crippen molar-refractivity contribution < 1.29 is 19.1 Å². The molecule has 0 fully saturated rings. The van der Waals surface area contributed by atoms with Crippen LogP contribution in [0.2, 0.25) is 0 Å². The second kappa shape index (κ2) is 9.03. The lowest BCUT2D eigenvalue weighted by atomic mass is 10.1. The third-order valence-corrected chi connectivity index (χ3v) is 6.35. The number of benzene rings is 2. The first kappa shape index (κ1) is 22.9. The van der Waals surface area contributed by atoms with Crippen molar-refractivity contribution in [3.05, 3.63) is 64.9 Å². The molecule has 0 aliphatic carbocycles. The van der Waals surface area contributed by atoms with Gasteiger partial charge in [0.1, 0.15) is 18.1 Å². The summed E-state index contributed by atoms with van der Waals surface area (Å²) in [6.45, 7) is 5.73.